The van der Waals surface area contributed by atoms with Crippen LogP contribution in [0.2, 0.25) is 0 Å². The van der Waals surface area contributed by atoms with Crippen molar-refractivity contribution in [3.63, 3.8) is 0 Å². The van der Waals surface area contributed by atoms with Gasteiger partial charge >= 0.3 is 0 Å². The fourth-order valence-corrected chi connectivity index (χ4v) is 2.23. The maximum atomic E-state index is 12.4. The second-order valence-corrected chi connectivity index (χ2v) is 6.08. The number of anilines is 2. The van der Waals surface area contributed by atoms with Crippen molar-refractivity contribution in [3.05, 3.63) is 53.6 Å². The molecular formula is C20H24N2O3. The first-order chi connectivity index (χ1) is 11.9. The quantitative estimate of drug-likeness (QED) is 0.820. The van der Waals surface area contributed by atoms with Gasteiger partial charge in [-0.1, -0.05) is 13.0 Å². The zero-order valence-electron chi connectivity index (χ0n) is 15.1. The van der Waals surface area contributed by atoms with Gasteiger partial charge in [0.1, 0.15) is 5.75 Å². The van der Waals surface area contributed by atoms with Crippen molar-refractivity contribution in [3.8, 4) is 5.75 Å². The molecule has 2 aromatic rings. The summed E-state index contributed by atoms with van der Waals surface area (Å²) in [5, 5.41) is 5.68. The topological polar surface area (TPSA) is 67.4 Å². The molecule has 0 radical (unpaired) electrons. The lowest BCUT2D eigenvalue weighted by Crippen LogP contribution is -2.14. The lowest BCUT2D eigenvalue weighted by atomic mass is 10.1. The molecule has 2 N–H and O–H groups in total. The highest BCUT2D eigenvalue weighted by Gasteiger charge is 2.09. The van der Waals surface area contributed by atoms with Crippen LogP contribution in [0.3, 0.4) is 0 Å². The Hall–Kier alpha value is -2.82. The summed E-state index contributed by atoms with van der Waals surface area (Å²) < 4.78 is 5.57. The molecule has 0 aromatic heterocycles. The highest BCUT2D eigenvalue weighted by atomic mass is 16.5. The molecule has 0 aliphatic heterocycles. The van der Waals surface area contributed by atoms with Crippen LogP contribution in [0, 0.1) is 6.92 Å². The minimum Gasteiger partial charge on any atom is -0.491 e. The van der Waals surface area contributed by atoms with Crippen molar-refractivity contribution < 1.29 is 14.3 Å². The van der Waals surface area contributed by atoms with Crippen LogP contribution >= 0.6 is 0 Å². The number of ether oxygens (including phenoxy) is 1. The van der Waals surface area contributed by atoms with Gasteiger partial charge in [0.2, 0.25) is 5.91 Å². The number of nitrogens with one attached hydrogen (secondary N) is 2. The van der Waals surface area contributed by atoms with Gasteiger partial charge in [-0.3, -0.25) is 9.59 Å². The highest BCUT2D eigenvalue weighted by molar-refractivity contribution is 6.04. The van der Waals surface area contributed by atoms with Crippen LogP contribution in [0.15, 0.2) is 42.5 Å². The van der Waals surface area contributed by atoms with E-state index < -0.39 is 0 Å². The number of hydrogen-bond acceptors (Lipinski definition) is 3. The van der Waals surface area contributed by atoms with Crippen molar-refractivity contribution in [1.82, 2.24) is 0 Å². The minimum absolute atomic E-state index is 0.0627. The summed E-state index contributed by atoms with van der Waals surface area (Å²) in [6, 6.07) is 12.4. The fourth-order valence-electron chi connectivity index (χ4n) is 2.23. The molecule has 0 saturated carbocycles. The van der Waals surface area contributed by atoms with E-state index in [1.54, 1.807) is 37.3 Å². The molecule has 2 rings (SSSR count). The first-order valence-corrected chi connectivity index (χ1v) is 8.37. The predicted octanol–water partition coefficient (Wildman–Crippen LogP) is 4.38. The molecule has 5 heteroatoms. The van der Waals surface area contributed by atoms with Gasteiger partial charge < -0.3 is 15.4 Å². The Morgan fingerprint density at radius 1 is 1.04 bits per heavy atom. The summed E-state index contributed by atoms with van der Waals surface area (Å²) in [7, 11) is 0. The van der Waals surface area contributed by atoms with Crippen LogP contribution in [-0.4, -0.2) is 17.9 Å². The van der Waals surface area contributed by atoms with Crippen LogP contribution in [0.4, 0.5) is 11.4 Å². The number of rotatable bonds is 6. The van der Waals surface area contributed by atoms with Crippen molar-refractivity contribution >= 4 is 23.2 Å². The number of hydrogen-bond donors (Lipinski definition) is 2. The van der Waals surface area contributed by atoms with E-state index in [9.17, 15) is 9.59 Å². The Morgan fingerprint density at radius 3 is 2.32 bits per heavy atom. The van der Waals surface area contributed by atoms with Crippen LogP contribution in [0.5, 0.6) is 5.75 Å². The molecule has 0 bridgehead atoms. The van der Waals surface area contributed by atoms with Gasteiger partial charge in [0.15, 0.2) is 0 Å². The third-order valence-corrected chi connectivity index (χ3v) is 3.58. The van der Waals surface area contributed by atoms with Crippen LogP contribution in [0.1, 0.15) is 43.1 Å². The second kappa shape index (κ2) is 8.33. The average molecular weight is 340 g/mol. The first kappa shape index (κ1) is 18.5. The molecule has 0 unspecified atom stereocenters. The van der Waals surface area contributed by atoms with E-state index in [-0.39, 0.29) is 17.9 Å². The van der Waals surface area contributed by atoms with Gasteiger partial charge in [-0.25, -0.2) is 0 Å². The molecule has 0 fully saturated rings. The van der Waals surface area contributed by atoms with Crippen molar-refractivity contribution in [1.29, 1.82) is 0 Å². The van der Waals surface area contributed by atoms with Crippen LogP contribution < -0.4 is 15.4 Å². The van der Waals surface area contributed by atoms with Gasteiger partial charge in [-0.2, -0.15) is 0 Å². The Balaban J connectivity index is 2.09. The largest absolute Gasteiger partial charge is 0.491 e. The molecule has 5 nitrogen and oxygen atoms in total. The highest BCUT2D eigenvalue weighted by Crippen LogP contribution is 2.21. The van der Waals surface area contributed by atoms with E-state index in [1.165, 1.54) is 0 Å². The molecule has 0 heterocycles. The molecule has 2 aromatic carbocycles. The third kappa shape index (κ3) is 5.35. The SMILES string of the molecule is CCC(=O)Nc1cc(NC(=O)c2ccc(OC(C)C)cc2)ccc1C. The van der Waals surface area contributed by atoms with Gasteiger partial charge in [-0.05, 0) is 62.7 Å². The van der Waals surface area contributed by atoms with Gasteiger partial charge in [0.25, 0.3) is 5.91 Å². The first-order valence-electron chi connectivity index (χ1n) is 8.37. The smallest absolute Gasteiger partial charge is 0.255 e. The Bertz CT molecular complexity index is 752. The predicted molar refractivity (Wildman–Crippen MR) is 100 cm³/mol. The normalized spacial score (nSPS) is 10.4. The summed E-state index contributed by atoms with van der Waals surface area (Å²) >= 11 is 0. The summed E-state index contributed by atoms with van der Waals surface area (Å²) in [5.41, 5.74) is 2.81. The van der Waals surface area contributed by atoms with E-state index in [0.717, 1.165) is 11.3 Å². The van der Waals surface area contributed by atoms with Gasteiger partial charge in [0.05, 0.1) is 6.10 Å². The molecule has 0 atom stereocenters. The monoisotopic (exact) mass is 340 g/mol. The van der Waals surface area contributed by atoms with Crippen molar-refractivity contribution in [2.45, 2.75) is 40.2 Å². The molecule has 25 heavy (non-hydrogen) atoms. The van der Waals surface area contributed by atoms with Crippen LogP contribution in [-0.2, 0) is 4.79 Å². The lowest BCUT2D eigenvalue weighted by Gasteiger charge is -2.12. The maximum absolute atomic E-state index is 12.4. The summed E-state index contributed by atoms with van der Waals surface area (Å²) in [6.07, 6.45) is 0.491. The summed E-state index contributed by atoms with van der Waals surface area (Å²) in [4.78, 5) is 24.0. The van der Waals surface area contributed by atoms with E-state index in [2.05, 4.69) is 10.6 Å². The molecule has 2 amide bonds. The maximum Gasteiger partial charge on any atom is 0.255 e. The van der Waals surface area contributed by atoms with E-state index in [1.807, 2.05) is 32.9 Å². The zero-order valence-corrected chi connectivity index (χ0v) is 15.1. The third-order valence-electron chi connectivity index (χ3n) is 3.58. The van der Waals surface area contributed by atoms with Gasteiger partial charge in [-0.15, -0.1) is 0 Å². The molecule has 0 aliphatic carbocycles. The summed E-state index contributed by atoms with van der Waals surface area (Å²) in [6.45, 7) is 7.60. The lowest BCUT2D eigenvalue weighted by molar-refractivity contribution is -0.115. The van der Waals surface area contributed by atoms with Gasteiger partial charge in [0, 0.05) is 23.4 Å². The Kier molecular flexibility index (Phi) is 6.17. The molecule has 0 aliphatic rings. The van der Waals surface area contributed by atoms with E-state index >= 15 is 0 Å². The number of carbonyl (C=O) groups excluding carboxylic acids is 2. The van der Waals surface area contributed by atoms with E-state index in [0.29, 0.717) is 23.4 Å². The molecular weight excluding hydrogens is 316 g/mol. The van der Waals surface area contributed by atoms with Crippen molar-refractivity contribution in [2.24, 2.45) is 0 Å². The standard InChI is InChI=1S/C20H24N2O3/c1-5-19(23)22-18-12-16(9-6-14(18)4)21-20(24)15-7-10-17(11-8-15)25-13(2)3/h6-13H,5H2,1-4H3,(H,21,24)(H,22,23). The second-order valence-electron chi connectivity index (χ2n) is 6.08. The van der Waals surface area contributed by atoms with Crippen molar-refractivity contribution in [2.75, 3.05) is 10.6 Å². The number of carbonyl (C=O) groups is 2. The molecule has 0 spiro atoms. The van der Waals surface area contributed by atoms with Crippen LogP contribution in [0.25, 0.3) is 0 Å². The zero-order chi connectivity index (χ0) is 18.4. The Labute approximate surface area is 148 Å². The summed E-state index contributed by atoms with van der Waals surface area (Å²) in [5.74, 6) is 0.450. The number of benzene rings is 2. The molecule has 0 saturated heterocycles. The Morgan fingerprint density at radius 2 is 1.72 bits per heavy atom. The number of aryl methyl sites for hydroxylation is 1. The average Bonchev–Trinajstić information content (AvgIpc) is 2.57. The van der Waals surface area contributed by atoms with E-state index in [4.69, 9.17) is 4.74 Å². The molecule has 132 valence electrons. The number of amides is 2. The minimum atomic E-state index is -0.215. The fraction of sp³-hybridized carbons (Fsp3) is 0.300.